The van der Waals surface area contributed by atoms with Gasteiger partial charge in [-0.3, -0.25) is 4.90 Å². The van der Waals surface area contributed by atoms with Gasteiger partial charge in [0.2, 0.25) is 5.79 Å². The molecular formula is C27H51NO5. The molecule has 0 aromatic heterocycles. The summed E-state index contributed by atoms with van der Waals surface area (Å²) >= 11 is 0. The molecular weight excluding hydrogens is 418 g/mol. The van der Waals surface area contributed by atoms with E-state index in [1.807, 2.05) is 20.8 Å². The second-order valence-corrected chi connectivity index (χ2v) is 10.7. The van der Waals surface area contributed by atoms with Gasteiger partial charge in [0.25, 0.3) is 0 Å². The van der Waals surface area contributed by atoms with E-state index in [0.29, 0.717) is 6.61 Å². The molecule has 3 saturated heterocycles. The van der Waals surface area contributed by atoms with Crippen LogP contribution in [0.4, 0.5) is 0 Å². The molecule has 0 amide bonds. The third kappa shape index (κ3) is 7.14. The average molecular weight is 470 g/mol. The fourth-order valence-corrected chi connectivity index (χ4v) is 5.75. The third-order valence-corrected chi connectivity index (χ3v) is 7.29. The Labute approximate surface area is 203 Å². The van der Waals surface area contributed by atoms with Gasteiger partial charge in [-0.1, -0.05) is 64.7 Å². The van der Waals surface area contributed by atoms with E-state index in [-0.39, 0.29) is 24.5 Å². The standard InChI is InChI=1S/C27H51NO5/c1-6-8-9-10-11-12-13-14-15-18-21-30-25(28-19-16-17-20-28)27-24(32-26(4,5)33-27)23(29-7-2)22(3)31-27/h22-25H,6-21H2,1-5H3/t22-,23+,24-,25?,27+/m0/s1. The van der Waals surface area contributed by atoms with Crippen LogP contribution in [0.2, 0.25) is 0 Å². The van der Waals surface area contributed by atoms with E-state index in [0.717, 1.165) is 26.1 Å². The van der Waals surface area contributed by atoms with Gasteiger partial charge in [0, 0.05) is 26.3 Å². The highest BCUT2D eigenvalue weighted by Crippen LogP contribution is 2.50. The zero-order valence-corrected chi connectivity index (χ0v) is 22.1. The maximum Gasteiger partial charge on any atom is 0.241 e. The first-order valence-corrected chi connectivity index (χ1v) is 14.0. The van der Waals surface area contributed by atoms with Crippen molar-refractivity contribution in [3.8, 4) is 0 Å². The second kappa shape index (κ2) is 13.2. The summed E-state index contributed by atoms with van der Waals surface area (Å²) in [6.07, 6.45) is 14.8. The van der Waals surface area contributed by atoms with Gasteiger partial charge in [0.05, 0.1) is 6.10 Å². The maximum atomic E-state index is 6.60. The van der Waals surface area contributed by atoms with Crippen LogP contribution in [-0.4, -0.2) is 67.3 Å². The second-order valence-electron chi connectivity index (χ2n) is 10.7. The van der Waals surface area contributed by atoms with Crippen molar-refractivity contribution in [3.05, 3.63) is 0 Å². The molecule has 0 aromatic rings. The minimum atomic E-state index is -0.939. The summed E-state index contributed by atoms with van der Waals surface area (Å²) < 4.78 is 32.1. The summed E-state index contributed by atoms with van der Waals surface area (Å²) in [5, 5.41) is 0. The molecule has 3 aliphatic rings. The molecule has 0 saturated carbocycles. The molecule has 6 nitrogen and oxygen atoms in total. The number of rotatable bonds is 16. The Morgan fingerprint density at radius 1 is 0.879 bits per heavy atom. The number of hydrogen-bond acceptors (Lipinski definition) is 6. The lowest BCUT2D eigenvalue weighted by molar-refractivity contribution is -0.323. The summed E-state index contributed by atoms with van der Waals surface area (Å²) in [5.74, 6) is -1.66. The lowest BCUT2D eigenvalue weighted by Gasteiger charge is -2.40. The molecule has 33 heavy (non-hydrogen) atoms. The van der Waals surface area contributed by atoms with Crippen molar-refractivity contribution in [1.82, 2.24) is 4.90 Å². The normalized spacial score (nSPS) is 32.5. The number of likely N-dealkylation sites (tertiary alicyclic amines) is 1. The quantitative estimate of drug-likeness (QED) is 0.258. The third-order valence-electron chi connectivity index (χ3n) is 7.29. The Morgan fingerprint density at radius 2 is 1.48 bits per heavy atom. The fraction of sp³-hybridized carbons (Fsp3) is 1.00. The van der Waals surface area contributed by atoms with Gasteiger partial charge in [-0.15, -0.1) is 0 Å². The molecule has 3 rings (SSSR count). The fourth-order valence-electron chi connectivity index (χ4n) is 5.75. The van der Waals surface area contributed by atoms with Crippen LogP contribution < -0.4 is 0 Å². The predicted octanol–water partition coefficient (Wildman–Crippen LogP) is 6.02. The van der Waals surface area contributed by atoms with Gasteiger partial charge in [-0.2, -0.15) is 0 Å². The van der Waals surface area contributed by atoms with E-state index < -0.39 is 11.6 Å². The Hall–Kier alpha value is -0.240. The average Bonchev–Trinajstić information content (AvgIpc) is 3.44. The van der Waals surface area contributed by atoms with Crippen LogP contribution >= 0.6 is 0 Å². The predicted molar refractivity (Wildman–Crippen MR) is 131 cm³/mol. The molecule has 6 heteroatoms. The molecule has 0 spiro atoms. The van der Waals surface area contributed by atoms with E-state index in [1.165, 1.54) is 70.6 Å². The molecule has 0 bridgehead atoms. The Balaban J connectivity index is 1.52. The van der Waals surface area contributed by atoms with E-state index in [9.17, 15) is 0 Å². The molecule has 3 heterocycles. The zero-order chi connectivity index (χ0) is 23.7. The van der Waals surface area contributed by atoms with Crippen molar-refractivity contribution in [2.24, 2.45) is 0 Å². The van der Waals surface area contributed by atoms with Crippen LogP contribution in [0, 0.1) is 0 Å². The van der Waals surface area contributed by atoms with Gasteiger partial charge in [0.1, 0.15) is 12.2 Å². The molecule has 5 atom stereocenters. The molecule has 3 aliphatic heterocycles. The largest absolute Gasteiger partial charge is 0.373 e. The van der Waals surface area contributed by atoms with Crippen LogP contribution in [0.25, 0.3) is 0 Å². The van der Waals surface area contributed by atoms with Gasteiger partial charge >= 0.3 is 0 Å². The van der Waals surface area contributed by atoms with Crippen LogP contribution in [0.1, 0.15) is 112 Å². The van der Waals surface area contributed by atoms with Gasteiger partial charge in [0.15, 0.2) is 12.0 Å². The van der Waals surface area contributed by atoms with E-state index in [4.69, 9.17) is 23.7 Å². The lowest BCUT2D eigenvalue weighted by atomic mass is 10.0. The molecule has 0 aliphatic carbocycles. The van der Waals surface area contributed by atoms with Gasteiger partial charge in [-0.05, 0) is 47.0 Å². The Kier molecular flexibility index (Phi) is 10.9. The molecule has 1 unspecified atom stereocenters. The molecule has 0 N–H and O–H groups in total. The van der Waals surface area contributed by atoms with Crippen LogP contribution in [0.5, 0.6) is 0 Å². The summed E-state index contributed by atoms with van der Waals surface area (Å²) in [4.78, 5) is 2.40. The highest BCUT2D eigenvalue weighted by Gasteiger charge is 2.69. The Bertz CT molecular complexity index is 553. The van der Waals surface area contributed by atoms with E-state index in [1.54, 1.807) is 0 Å². The van der Waals surface area contributed by atoms with E-state index >= 15 is 0 Å². The van der Waals surface area contributed by atoms with E-state index in [2.05, 4.69) is 18.7 Å². The van der Waals surface area contributed by atoms with Crippen molar-refractivity contribution in [2.75, 3.05) is 26.3 Å². The Morgan fingerprint density at radius 3 is 2.09 bits per heavy atom. The van der Waals surface area contributed by atoms with Crippen LogP contribution in [-0.2, 0) is 23.7 Å². The zero-order valence-electron chi connectivity index (χ0n) is 22.1. The first-order chi connectivity index (χ1) is 15.9. The summed E-state index contributed by atoms with van der Waals surface area (Å²) in [6.45, 7) is 13.7. The topological polar surface area (TPSA) is 49.4 Å². The minimum Gasteiger partial charge on any atom is -0.373 e. The maximum absolute atomic E-state index is 6.60. The van der Waals surface area contributed by atoms with Crippen LogP contribution in [0.3, 0.4) is 0 Å². The highest BCUT2D eigenvalue weighted by atomic mass is 16.9. The molecule has 194 valence electrons. The molecule has 0 aromatic carbocycles. The van der Waals surface area contributed by atoms with Crippen molar-refractivity contribution >= 4 is 0 Å². The SMILES string of the molecule is CCCCCCCCCCCCOC(N1CCCC1)[C@@]12O[C@@H](C)[C@@H](OCC)[C@@H]1OC(C)(C)O2. The summed E-state index contributed by atoms with van der Waals surface area (Å²) in [6, 6.07) is 0. The molecule has 0 radical (unpaired) electrons. The van der Waals surface area contributed by atoms with Crippen molar-refractivity contribution < 1.29 is 23.7 Å². The number of unbranched alkanes of at least 4 members (excludes halogenated alkanes) is 9. The monoisotopic (exact) mass is 469 g/mol. The minimum absolute atomic E-state index is 0.0999. The number of ether oxygens (including phenoxy) is 5. The van der Waals surface area contributed by atoms with Crippen molar-refractivity contribution in [1.29, 1.82) is 0 Å². The van der Waals surface area contributed by atoms with Gasteiger partial charge < -0.3 is 23.7 Å². The van der Waals surface area contributed by atoms with Crippen molar-refractivity contribution in [2.45, 2.75) is 148 Å². The summed E-state index contributed by atoms with van der Waals surface area (Å²) in [5.41, 5.74) is 0. The number of hydrogen-bond donors (Lipinski definition) is 0. The number of nitrogens with zero attached hydrogens (tertiary/aromatic N) is 1. The van der Waals surface area contributed by atoms with Gasteiger partial charge in [-0.25, -0.2) is 0 Å². The van der Waals surface area contributed by atoms with Crippen LogP contribution in [0.15, 0.2) is 0 Å². The molecule has 3 fully saturated rings. The number of fused-ring (bicyclic) bond motifs is 1. The first kappa shape index (κ1) is 27.3. The highest BCUT2D eigenvalue weighted by molar-refractivity contribution is 5.06. The van der Waals surface area contributed by atoms with Crippen molar-refractivity contribution in [3.63, 3.8) is 0 Å². The summed E-state index contributed by atoms with van der Waals surface area (Å²) in [7, 11) is 0. The smallest absolute Gasteiger partial charge is 0.241 e. The lowest BCUT2D eigenvalue weighted by Crippen LogP contribution is -2.59. The first-order valence-electron chi connectivity index (χ1n) is 14.0.